The number of rotatable bonds is 4. The number of aryl methyl sites for hydroxylation is 1. The second kappa shape index (κ2) is 4.28. The molecule has 0 fully saturated rings. The third kappa shape index (κ3) is 2.76. The summed E-state index contributed by atoms with van der Waals surface area (Å²) in [6.45, 7) is 5.88. The van der Waals surface area contributed by atoms with Crippen LogP contribution in [0.4, 0.5) is 0 Å². The summed E-state index contributed by atoms with van der Waals surface area (Å²) in [4.78, 5) is 17.1. The lowest BCUT2D eigenvalue weighted by molar-refractivity contribution is -0.148. The van der Waals surface area contributed by atoms with Crippen LogP contribution in [-0.2, 0) is 11.3 Å². The number of carboxylic acids is 1. The second-order valence-electron chi connectivity index (χ2n) is 4.10. The molecule has 0 atom stereocenters. The van der Waals surface area contributed by atoms with Gasteiger partial charge in [-0.1, -0.05) is 0 Å². The summed E-state index contributed by atoms with van der Waals surface area (Å²) in [6, 6.07) is 0. The van der Waals surface area contributed by atoms with Gasteiger partial charge in [0.25, 0.3) is 0 Å². The van der Waals surface area contributed by atoms with E-state index < -0.39 is 11.5 Å². The number of aliphatic carboxylic acids is 1. The van der Waals surface area contributed by atoms with Crippen molar-refractivity contribution in [2.24, 2.45) is 0 Å². The third-order valence-corrected chi connectivity index (χ3v) is 3.47. The van der Waals surface area contributed by atoms with Gasteiger partial charge in [-0.3, -0.25) is 9.69 Å². The van der Waals surface area contributed by atoms with Crippen LogP contribution in [0.3, 0.4) is 0 Å². The summed E-state index contributed by atoms with van der Waals surface area (Å²) in [5.74, 6) is -0.821. The largest absolute Gasteiger partial charge is 0.480 e. The van der Waals surface area contributed by atoms with E-state index in [1.165, 1.54) is 0 Å². The summed E-state index contributed by atoms with van der Waals surface area (Å²) >= 11 is 1.56. The first-order chi connectivity index (χ1) is 6.84. The molecule has 0 saturated heterocycles. The first kappa shape index (κ1) is 12.1. The molecule has 84 valence electrons. The molecule has 0 spiro atoms. The molecule has 0 aliphatic rings. The Morgan fingerprint density at radius 2 is 2.27 bits per heavy atom. The monoisotopic (exact) mass is 228 g/mol. The molecule has 1 rings (SSSR count). The van der Waals surface area contributed by atoms with Gasteiger partial charge < -0.3 is 5.11 Å². The summed E-state index contributed by atoms with van der Waals surface area (Å²) < 4.78 is 0. The van der Waals surface area contributed by atoms with Crippen molar-refractivity contribution < 1.29 is 9.90 Å². The standard InChI is InChI=1S/C10H16N2O2S/c1-7-6-15-8(11-7)5-12(4)10(2,3)9(13)14/h6H,5H2,1-4H3,(H,13,14). The molecule has 0 bridgehead atoms. The Morgan fingerprint density at radius 3 is 2.67 bits per heavy atom. The fourth-order valence-electron chi connectivity index (χ4n) is 1.04. The Kier molecular flexibility index (Phi) is 3.46. The van der Waals surface area contributed by atoms with Crippen LogP contribution >= 0.6 is 11.3 Å². The van der Waals surface area contributed by atoms with E-state index in [1.54, 1.807) is 37.1 Å². The van der Waals surface area contributed by atoms with Crippen molar-refractivity contribution >= 4 is 17.3 Å². The smallest absolute Gasteiger partial charge is 0.323 e. The van der Waals surface area contributed by atoms with Gasteiger partial charge in [0.2, 0.25) is 0 Å². The van der Waals surface area contributed by atoms with E-state index in [0.29, 0.717) is 6.54 Å². The number of carbonyl (C=O) groups is 1. The normalized spacial score (nSPS) is 12.1. The Bertz CT molecular complexity index is 360. The lowest BCUT2D eigenvalue weighted by Gasteiger charge is -2.30. The average Bonchev–Trinajstić information content (AvgIpc) is 2.50. The van der Waals surface area contributed by atoms with Crippen molar-refractivity contribution in [3.8, 4) is 0 Å². The average molecular weight is 228 g/mol. The molecule has 0 aliphatic carbocycles. The highest BCUT2D eigenvalue weighted by molar-refractivity contribution is 7.09. The van der Waals surface area contributed by atoms with Crippen LogP contribution in [0.2, 0.25) is 0 Å². The first-order valence-electron chi connectivity index (χ1n) is 4.69. The van der Waals surface area contributed by atoms with E-state index in [2.05, 4.69) is 4.98 Å². The summed E-state index contributed by atoms with van der Waals surface area (Å²) in [7, 11) is 1.80. The van der Waals surface area contributed by atoms with Crippen LogP contribution in [0, 0.1) is 6.92 Å². The number of likely N-dealkylation sites (N-methyl/N-ethyl adjacent to an activating group) is 1. The Balaban J connectivity index is 2.71. The van der Waals surface area contributed by atoms with E-state index in [0.717, 1.165) is 10.7 Å². The number of carboxylic acid groups (broad SMARTS) is 1. The lowest BCUT2D eigenvalue weighted by atomic mass is 10.0. The molecular formula is C10H16N2O2S. The maximum absolute atomic E-state index is 11.0. The van der Waals surface area contributed by atoms with Crippen molar-refractivity contribution in [2.75, 3.05) is 7.05 Å². The van der Waals surface area contributed by atoms with Crippen LogP contribution in [0.25, 0.3) is 0 Å². The molecule has 0 amide bonds. The van der Waals surface area contributed by atoms with Crippen LogP contribution in [0.1, 0.15) is 24.5 Å². The Hall–Kier alpha value is -0.940. The van der Waals surface area contributed by atoms with Gasteiger partial charge in [0.1, 0.15) is 10.5 Å². The minimum atomic E-state index is -0.862. The number of hydrogen-bond donors (Lipinski definition) is 1. The number of nitrogens with zero attached hydrogens (tertiary/aromatic N) is 2. The van der Waals surface area contributed by atoms with Crippen molar-refractivity contribution in [2.45, 2.75) is 32.9 Å². The molecule has 4 nitrogen and oxygen atoms in total. The zero-order chi connectivity index (χ0) is 11.6. The second-order valence-corrected chi connectivity index (χ2v) is 5.05. The molecule has 1 aromatic rings. The minimum Gasteiger partial charge on any atom is -0.480 e. The van der Waals surface area contributed by atoms with E-state index in [1.807, 2.05) is 12.3 Å². The summed E-state index contributed by atoms with van der Waals surface area (Å²) in [5, 5.41) is 12.0. The van der Waals surface area contributed by atoms with Gasteiger partial charge in [-0.15, -0.1) is 11.3 Å². The SMILES string of the molecule is Cc1csc(CN(C)C(C)(C)C(=O)O)n1. The van der Waals surface area contributed by atoms with E-state index in [9.17, 15) is 4.79 Å². The zero-order valence-corrected chi connectivity index (χ0v) is 10.3. The molecule has 15 heavy (non-hydrogen) atoms. The van der Waals surface area contributed by atoms with Crippen LogP contribution in [0.15, 0.2) is 5.38 Å². The summed E-state index contributed by atoms with van der Waals surface area (Å²) in [5.41, 5.74) is 0.121. The van der Waals surface area contributed by atoms with E-state index >= 15 is 0 Å². The maximum Gasteiger partial charge on any atom is 0.323 e. The highest BCUT2D eigenvalue weighted by Gasteiger charge is 2.32. The molecule has 0 saturated carbocycles. The molecule has 0 unspecified atom stereocenters. The molecule has 0 aliphatic heterocycles. The van der Waals surface area contributed by atoms with Gasteiger partial charge in [-0.2, -0.15) is 0 Å². The third-order valence-electron chi connectivity index (χ3n) is 2.52. The Morgan fingerprint density at radius 1 is 1.67 bits per heavy atom. The molecule has 1 heterocycles. The predicted octanol–water partition coefficient (Wildman–Crippen LogP) is 1.75. The number of aromatic nitrogens is 1. The van der Waals surface area contributed by atoms with Crippen LogP contribution < -0.4 is 0 Å². The maximum atomic E-state index is 11.0. The molecule has 1 aromatic heterocycles. The van der Waals surface area contributed by atoms with Crippen molar-refractivity contribution in [1.82, 2.24) is 9.88 Å². The first-order valence-corrected chi connectivity index (χ1v) is 5.57. The minimum absolute atomic E-state index is 0.567. The molecule has 0 aromatic carbocycles. The highest BCUT2D eigenvalue weighted by Crippen LogP contribution is 2.18. The van der Waals surface area contributed by atoms with Crippen molar-refractivity contribution in [3.05, 3.63) is 16.1 Å². The molecule has 1 N–H and O–H groups in total. The van der Waals surface area contributed by atoms with E-state index in [4.69, 9.17) is 5.11 Å². The van der Waals surface area contributed by atoms with Crippen molar-refractivity contribution in [3.63, 3.8) is 0 Å². The fraction of sp³-hybridized carbons (Fsp3) is 0.600. The summed E-state index contributed by atoms with van der Waals surface area (Å²) in [6.07, 6.45) is 0. The quantitative estimate of drug-likeness (QED) is 0.853. The molecule has 0 radical (unpaired) electrons. The number of thiazole rings is 1. The van der Waals surface area contributed by atoms with Gasteiger partial charge in [-0.05, 0) is 27.8 Å². The van der Waals surface area contributed by atoms with Crippen molar-refractivity contribution in [1.29, 1.82) is 0 Å². The van der Waals surface area contributed by atoms with Gasteiger partial charge in [0.15, 0.2) is 0 Å². The van der Waals surface area contributed by atoms with Gasteiger partial charge >= 0.3 is 5.97 Å². The molecule has 5 heteroatoms. The zero-order valence-electron chi connectivity index (χ0n) is 9.44. The highest BCUT2D eigenvalue weighted by atomic mass is 32.1. The van der Waals surface area contributed by atoms with E-state index in [-0.39, 0.29) is 0 Å². The molecular weight excluding hydrogens is 212 g/mol. The van der Waals surface area contributed by atoms with Gasteiger partial charge in [0.05, 0.1) is 6.54 Å². The predicted molar refractivity (Wildman–Crippen MR) is 60.0 cm³/mol. The topological polar surface area (TPSA) is 53.4 Å². The van der Waals surface area contributed by atoms with Gasteiger partial charge in [-0.25, -0.2) is 4.98 Å². The Labute approximate surface area is 93.6 Å². The van der Waals surface area contributed by atoms with Crippen LogP contribution in [0.5, 0.6) is 0 Å². The fourth-order valence-corrected chi connectivity index (χ4v) is 1.86. The number of hydrogen-bond acceptors (Lipinski definition) is 4. The van der Waals surface area contributed by atoms with Crippen LogP contribution in [-0.4, -0.2) is 33.5 Å². The van der Waals surface area contributed by atoms with Gasteiger partial charge in [0, 0.05) is 11.1 Å². The lowest BCUT2D eigenvalue weighted by Crippen LogP contribution is -2.47.